The lowest BCUT2D eigenvalue weighted by molar-refractivity contribution is -0.136. The van der Waals surface area contributed by atoms with E-state index in [1.54, 1.807) is 32.2 Å². The van der Waals surface area contributed by atoms with Crippen LogP contribution in [-0.4, -0.2) is 31.1 Å². The minimum atomic E-state index is -0.332. The van der Waals surface area contributed by atoms with E-state index in [0.717, 1.165) is 6.42 Å². The zero-order valence-electron chi connectivity index (χ0n) is 13.5. The Hall–Kier alpha value is -2.20. The molecule has 1 amide bonds. The highest BCUT2D eigenvalue weighted by molar-refractivity contribution is 5.77. The Balaban J connectivity index is 1.80. The maximum absolute atomic E-state index is 13.8. The van der Waals surface area contributed by atoms with Crippen LogP contribution in [0.3, 0.4) is 0 Å². The fourth-order valence-electron chi connectivity index (χ4n) is 2.33. The quantitative estimate of drug-likeness (QED) is 0.731. The number of amides is 1. The molecule has 0 radical (unpaired) electrons. The Morgan fingerprint density at radius 2 is 1.78 bits per heavy atom. The second kappa shape index (κ2) is 8.44. The van der Waals surface area contributed by atoms with Crippen LogP contribution in [0.15, 0.2) is 54.6 Å². The van der Waals surface area contributed by atoms with Crippen molar-refractivity contribution in [1.29, 1.82) is 0 Å². The van der Waals surface area contributed by atoms with E-state index in [2.05, 4.69) is 0 Å². The molecule has 0 aliphatic carbocycles. The van der Waals surface area contributed by atoms with Crippen LogP contribution in [0.1, 0.15) is 24.1 Å². The van der Waals surface area contributed by atoms with E-state index in [1.807, 2.05) is 30.3 Å². The smallest absolute Gasteiger partial charge is 0.248 e. The summed E-state index contributed by atoms with van der Waals surface area (Å²) in [5.41, 5.74) is 1.68. The fourth-order valence-corrected chi connectivity index (χ4v) is 2.33. The number of hydrogen-bond acceptors (Lipinski definition) is 2. The van der Waals surface area contributed by atoms with E-state index >= 15 is 0 Å². The van der Waals surface area contributed by atoms with Crippen LogP contribution in [0.2, 0.25) is 0 Å². The van der Waals surface area contributed by atoms with E-state index in [9.17, 15) is 9.18 Å². The van der Waals surface area contributed by atoms with E-state index in [0.29, 0.717) is 12.2 Å². The molecule has 1 atom stereocenters. The zero-order chi connectivity index (χ0) is 16.7. The minimum absolute atomic E-state index is 0.00211. The molecule has 3 nitrogen and oxygen atoms in total. The summed E-state index contributed by atoms with van der Waals surface area (Å²) in [4.78, 5) is 13.7. The van der Waals surface area contributed by atoms with Crippen molar-refractivity contribution < 1.29 is 13.9 Å². The molecule has 0 aliphatic heterocycles. The third-order valence-electron chi connectivity index (χ3n) is 3.93. The van der Waals surface area contributed by atoms with E-state index in [4.69, 9.17) is 4.74 Å². The van der Waals surface area contributed by atoms with Gasteiger partial charge >= 0.3 is 0 Å². The molecular formula is C19H22FNO2. The van der Waals surface area contributed by atoms with Crippen molar-refractivity contribution in [2.24, 2.45) is 0 Å². The fraction of sp³-hybridized carbons (Fsp3) is 0.316. The Bertz CT molecular complexity index is 630. The van der Waals surface area contributed by atoms with Crippen LogP contribution in [0.5, 0.6) is 0 Å². The molecule has 122 valence electrons. The molecule has 23 heavy (non-hydrogen) atoms. The van der Waals surface area contributed by atoms with Gasteiger partial charge in [-0.15, -0.1) is 0 Å². The van der Waals surface area contributed by atoms with Crippen molar-refractivity contribution in [2.75, 3.05) is 20.3 Å². The normalized spacial score (nSPS) is 12.0. The van der Waals surface area contributed by atoms with Crippen LogP contribution in [0.4, 0.5) is 4.39 Å². The summed E-state index contributed by atoms with van der Waals surface area (Å²) in [6.45, 7) is 2.29. The van der Waals surface area contributed by atoms with Crippen molar-refractivity contribution in [3.8, 4) is 0 Å². The standard InChI is InChI=1S/C19H22FNO2/c1-15(17-10-6-7-11-18(17)20)21(2)19(22)14-23-13-12-16-8-4-3-5-9-16/h3-11,15H,12-14H2,1-2H3. The van der Waals surface area contributed by atoms with Gasteiger partial charge in [-0.25, -0.2) is 4.39 Å². The average Bonchev–Trinajstić information content (AvgIpc) is 2.58. The van der Waals surface area contributed by atoms with E-state index in [-0.39, 0.29) is 24.4 Å². The largest absolute Gasteiger partial charge is 0.371 e. The van der Waals surface area contributed by atoms with Gasteiger partial charge in [0.25, 0.3) is 0 Å². The van der Waals surface area contributed by atoms with Gasteiger partial charge in [-0.1, -0.05) is 48.5 Å². The topological polar surface area (TPSA) is 29.5 Å². The van der Waals surface area contributed by atoms with Crippen LogP contribution in [0.25, 0.3) is 0 Å². The monoisotopic (exact) mass is 315 g/mol. The average molecular weight is 315 g/mol. The van der Waals surface area contributed by atoms with E-state index in [1.165, 1.54) is 16.5 Å². The Morgan fingerprint density at radius 1 is 1.13 bits per heavy atom. The molecule has 0 spiro atoms. The van der Waals surface area contributed by atoms with Gasteiger partial charge in [-0.2, -0.15) is 0 Å². The molecule has 0 fully saturated rings. The first-order chi connectivity index (χ1) is 11.1. The molecule has 0 N–H and O–H groups in total. The van der Waals surface area contributed by atoms with Gasteiger partial charge in [0.2, 0.25) is 5.91 Å². The first kappa shape index (κ1) is 17.2. The summed E-state index contributed by atoms with van der Waals surface area (Å²) in [6.07, 6.45) is 0.765. The summed E-state index contributed by atoms with van der Waals surface area (Å²) >= 11 is 0. The molecule has 4 heteroatoms. The number of likely N-dealkylation sites (N-methyl/N-ethyl adjacent to an activating group) is 1. The lowest BCUT2D eigenvalue weighted by Gasteiger charge is -2.25. The summed E-state index contributed by atoms with van der Waals surface area (Å²) in [7, 11) is 1.67. The van der Waals surface area contributed by atoms with Crippen molar-refractivity contribution in [2.45, 2.75) is 19.4 Å². The lowest BCUT2D eigenvalue weighted by atomic mass is 10.1. The van der Waals surface area contributed by atoms with Crippen LogP contribution < -0.4 is 0 Å². The molecule has 0 saturated heterocycles. The number of halogens is 1. The van der Waals surface area contributed by atoms with Crippen LogP contribution >= 0.6 is 0 Å². The van der Waals surface area contributed by atoms with Crippen molar-refractivity contribution in [1.82, 2.24) is 4.90 Å². The third kappa shape index (κ3) is 4.89. The van der Waals surface area contributed by atoms with Crippen molar-refractivity contribution in [3.05, 3.63) is 71.5 Å². The summed E-state index contributed by atoms with van der Waals surface area (Å²) < 4.78 is 19.2. The Labute approximate surface area is 136 Å². The molecule has 0 heterocycles. The molecule has 1 unspecified atom stereocenters. The first-order valence-electron chi connectivity index (χ1n) is 7.71. The van der Waals surface area contributed by atoms with Gasteiger partial charge < -0.3 is 9.64 Å². The Kier molecular flexibility index (Phi) is 6.29. The molecule has 0 saturated carbocycles. The van der Waals surface area contributed by atoms with Gasteiger partial charge in [-0.3, -0.25) is 4.79 Å². The van der Waals surface area contributed by atoms with Crippen molar-refractivity contribution >= 4 is 5.91 Å². The molecule has 0 aliphatic rings. The molecule has 0 bridgehead atoms. The van der Waals surface area contributed by atoms with Crippen molar-refractivity contribution in [3.63, 3.8) is 0 Å². The maximum atomic E-state index is 13.8. The molecule has 0 aromatic heterocycles. The number of benzene rings is 2. The lowest BCUT2D eigenvalue weighted by Crippen LogP contribution is -2.33. The first-order valence-corrected chi connectivity index (χ1v) is 7.71. The SMILES string of the molecule is CC(c1ccccc1F)N(C)C(=O)COCCc1ccccc1. The predicted molar refractivity (Wildman–Crippen MR) is 88.6 cm³/mol. The highest BCUT2D eigenvalue weighted by Crippen LogP contribution is 2.21. The molecule has 2 aromatic rings. The molecule has 2 aromatic carbocycles. The number of ether oxygens (including phenoxy) is 1. The number of carbonyl (C=O) groups excluding carboxylic acids is 1. The van der Waals surface area contributed by atoms with Crippen LogP contribution in [-0.2, 0) is 16.0 Å². The number of carbonyl (C=O) groups is 1. The Morgan fingerprint density at radius 3 is 2.48 bits per heavy atom. The number of hydrogen-bond donors (Lipinski definition) is 0. The number of rotatable bonds is 7. The minimum Gasteiger partial charge on any atom is -0.371 e. The molecule has 2 rings (SSSR count). The highest BCUT2D eigenvalue weighted by atomic mass is 19.1. The summed E-state index contributed by atoms with van der Waals surface area (Å²) in [6, 6.07) is 16.1. The summed E-state index contributed by atoms with van der Waals surface area (Å²) in [5.74, 6) is -0.460. The number of nitrogens with zero attached hydrogens (tertiary/aromatic N) is 1. The zero-order valence-corrected chi connectivity index (χ0v) is 13.5. The highest BCUT2D eigenvalue weighted by Gasteiger charge is 2.19. The summed E-state index contributed by atoms with van der Waals surface area (Å²) in [5, 5.41) is 0. The van der Waals surface area contributed by atoms with Crippen LogP contribution in [0, 0.1) is 5.82 Å². The predicted octanol–water partition coefficient (Wildman–Crippen LogP) is 3.60. The second-order valence-electron chi connectivity index (χ2n) is 5.49. The third-order valence-corrected chi connectivity index (χ3v) is 3.93. The van der Waals surface area contributed by atoms with Gasteiger partial charge in [0.1, 0.15) is 12.4 Å². The second-order valence-corrected chi connectivity index (χ2v) is 5.49. The van der Waals surface area contributed by atoms with E-state index < -0.39 is 0 Å². The van der Waals surface area contributed by atoms with Gasteiger partial charge in [0.05, 0.1) is 12.6 Å². The van der Waals surface area contributed by atoms with Gasteiger partial charge in [0, 0.05) is 12.6 Å². The van der Waals surface area contributed by atoms with Gasteiger partial charge in [-0.05, 0) is 25.0 Å². The maximum Gasteiger partial charge on any atom is 0.248 e. The molecular weight excluding hydrogens is 293 g/mol. The van der Waals surface area contributed by atoms with Gasteiger partial charge in [0.15, 0.2) is 0 Å².